The molecule has 0 aliphatic carbocycles. The van der Waals surface area contributed by atoms with Gasteiger partial charge >= 0.3 is 0 Å². The van der Waals surface area contributed by atoms with E-state index < -0.39 is 11.7 Å². The van der Waals surface area contributed by atoms with Gasteiger partial charge in [-0.3, -0.25) is 4.79 Å². The van der Waals surface area contributed by atoms with Crippen LogP contribution in [0.1, 0.15) is 15.9 Å². The molecule has 0 unspecified atom stereocenters. The summed E-state index contributed by atoms with van der Waals surface area (Å²) in [5, 5.41) is 3.25. The highest BCUT2D eigenvalue weighted by Gasteiger charge is 2.06. The summed E-state index contributed by atoms with van der Waals surface area (Å²) >= 11 is 5.90. The second-order valence-corrected chi connectivity index (χ2v) is 4.42. The normalized spacial score (nSPS) is 10.2. The molecule has 0 saturated heterocycles. The van der Waals surface area contributed by atoms with Crippen molar-refractivity contribution in [2.75, 3.05) is 5.32 Å². The van der Waals surface area contributed by atoms with Gasteiger partial charge in [0.2, 0.25) is 5.91 Å². The average molecular weight is 279 g/mol. The Morgan fingerprint density at radius 3 is 2.47 bits per heavy atom. The molecule has 0 aromatic heterocycles. The molecule has 2 aromatic carbocycles. The van der Waals surface area contributed by atoms with Gasteiger partial charge in [0.15, 0.2) is 0 Å². The number of carbonyl (C=O) groups excluding carboxylic acids is 1. The van der Waals surface area contributed by atoms with Crippen molar-refractivity contribution in [3.8, 4) is 0 Å². The van der Waals surface area contributed by atoms with Crippen LogP contribution in [-0.2, 0) is 6.54 Å². The first kappa shape index (κ1) is 13.4. The molecule has 0 saturated carbocycles. The maximum atomic E-state index is 13.5. The van der Waals surface area contributed by atoms with E-state index in [1.165, 1.54) is 6.07 Å². The van der Waals surface area contributed by atoms with Crippen LogP contribution in [0.3, 0.4) is 0 Å². The Kier molecular flexibility index (Phi) is 4.02. The molecule has 2 rings (SSSR count). The van der Waals surface area contributed by atoms with E-state index in [0.717, 1.165) is 5.56 Å². The van der Waals surface area contributed by atoms with E-state index in [1.54, 1.807) is 36.4 Å². The number of hydrogen-bond acceptors (Lipinski definition) is 2. The molecule has 0 bridgehead atoms. The number of halogens is 2. The number of nitrogens with one attached hydrogen (secondary N) is 1. The van der Waals surface area contributed by atoms with E-state index in [1.807, 2.05) is 0 Å². The van der Waals surface area contributed by atoms with Crippen LogP contribution in [0.4, 0.5) is 10.1 Å². The summed E-state index contributed by atoms with van der Waals surface area (Å²) in [7, 11) is 0. The minimum absolute atomic E-state index is 0.267. The fraction of sp³-hybridized carbons (Fsp3) is 0.0714. The smallest absolute Gasteiger partial charge is 0.248 e. The molecule has 0 heterocycles. The fourth-order valence-corrected chi connectivity index (χ4v) is 1.87. The molecule has 0 aliphatic heterocycles. The lowest BCUT2D eigenvalue weighted by Crippen LogP contribution is -2.11. The molecular formula is C14H12ClFN2O. The summed E-state index contributed by atoms with van der Waals surface area (Å²) in [5.41, 5.74) is 6.74. The standard InChI is InChI=1S/C14H12ClFN2O/c15-11-2-1-3-12(16)13(11)18-8-9-4-6-10(7-5-9)14(17)19/h1-7,18H,8H2,(H2,17,19). The second kappa shape index (κ2) is 5.71. The lowest BCUT2D eigenvalue weighted by Gasteiger charge is -2.09. The molecular weight excluding hydrogens is 267 g/mol. The molecule has 98 valence electrons. The predicted octanol–water partition coefficient (Wildman–Crippen LogP) is 3.19. The fourth-order valence-electron chi connectivity index (χ4n) is 1.64. The van der Waals surface area contributed by atoms with Crippen molar-refractivity contribution in [2.45, 2.75) is 6.54 Å². The van der Waals surface area contributed by atoms with Gasteiger partial charge in [0, 0.05) is 12.1 Å². The van der Waals surface area contributed by atoms with Gasteiger partial charge in [0.05, 0.1) is 10.7 Å². The molecule has 1 amide bonds. The Bertz CT molecular complexity index is 579. The van der Waals surface area contributed by atoms with E-state index in [4.69, 9.17) is 17.3 Å². The Morgan fingerprint density at radius 2 is 1.89 bits per heavy atom. The first-order valence-electron chi connectivity index (χ1n) is 5.64. The molecule has 5 heteroatoms. The van der Waals surface area contributed by atoms with E-state index in [9.17, 15) is 9.18 Å². The number of hydrogen-bond donors (Lipinski definition) is 2. The summed E-state index contributed by atoms with van der Waals surface area (Å²) in [6, 6.07) is 11.3. The lowest BCUT2D eigenvalue weighted by atomic mass is 10.1. The van der Waals surface area contributed by atoms with Gasteiger partial charge in [-0.1, -0.05) is 29.8 Å². The zero-order chi connectivity index (χ0) is 13.8. The van der Waals surface area contributed by atoms with Crippen molar-refractivity contribution >= 4 is 23.2 Å². The molecule has 3 N–H and O–H groups in total. The largest absolute Gasteiger partial charge is 0.377 e. The number of amides is 1. The molecule has 2 aromatic rings. The number of anilines is 1. The molecule has 0 spiro atoms. The second-order valence-electron chi connectivity index (χ2n) is 4.01. The van der Waals surface area contributed by atoms with Crippen LogP contribution < -0.4 is 11.1 Å². The molecule has 0 fully saturated rings. The molecule has 19 heavy (non-hydrogen) atoms. The predicted molar refractivity (Wildman–Crippen MR) is 73.7 cm³/mol. The highest BCUT2D eigenvalue weighted by Crippen LogP contribution is 2.25. The Balaban J connectivity index is 2.08. The van der Waals surface area contributed by atoms with E-state index in [2.05, 4.69) is 5.32 Å². The van der Waals surface area contributed by atoms with Crippen LogP contribution in [0, 0.1) is 5.82 Å². The van der Waals surface area contributed by atoms with Gasteiger partial charge in [0.1, 0.15) is 5.82 Å². The van der Waals surface area contributed by atoms with Crippen LogP contribution in [0.2, 0.25) is 5.02 Å². The van der Waals surface area contributed by atoms with Crippen LogP contribution in [0.5, 0.6) is 0 Å². The quantitative estimate of drug-likeness (QED) is 0.902. The van der Waals surface area contributed by atoms with Gasteiger partial charge in [-0.2, -0.15) is 0 Å². The van der Waals surface area contributed by atoms with Gasteiger partial charge < -0.3 is 11.1 Å². The van der Waals surface area contributed by atoms with Gasteiger partial charge in [-0.05, 0) is 29.8 Å². The minimum Gasteiger partial charge on any atom is -0.377 e. The first-order chi connectivity index (χ1) is 9.08. The zero-order valence-electron chi connectivity index (χ0n) is 9.99. The third-order valence-corrected chi connectivity index (χ3v) is 2.99. The third-order valence-electron chi connectivity index (χ3n) is 2.67. The van der Waals surface area contributed by atoms with Crippen LogP contribution in [0.15, 0.2) is 42.5 Å². The molecule has 3 nitrogen and oxygen atoms in total. The highest BCUT2D eigenvalue weighted by atomic mass is 35.5. The number of nitrogens with two attached hydrogens (primary N) is 1. The Labute approximate surface area is 115 Å². The van der Waals surface area contributed by atoms with E-state index in [0.29, 0.717) is 17.1 Å². The van der Waals surface area contributed by atoms with Gasteiger partial charge in [-0.15, -0.1) is 0 Å². The number of primary amides is 1. The number of carbonyl (C=O) groups is 1. The van der Waals surface area contributed by atoms with Crippen LogP contribution in [-0.4, -0.2) is 5.91 Å². The average Bonchev–Trinajstić information content (AvgIpc) is 2.38. The highest BCUT2D eigenvalue weighted by molar-refractivity contribution is 6.33. The maximum absolute atomic E-state index is 13.5. The summed E-state index contributed by atoms with van der Waals surface area (Å²) in [6.45, 7) is 0.402. The molecule has 0 atom stereocenters. The summed E-state index contributed by atoms with van der Waals surface area (Å²) in [4.78, 5) is 10.9. The van der Waals surface area contributed by atoms with Crippen LogP contribution >= 0.6 is 11.6 Å². The monoisotopic (exact) mass is 278 g/mol. The summed E-state index contributed by atoms with van der Waals surface area (Å²) < 4.78 is 13.5. The van der Waals surface area contributed by atoms with Crippen molar-refractivity contribution in [3.63, 3.8) is 0 Å². The third kappa shape index (κ3) is 3.23. The van der Waals surface area contributed by atoms with Crippen molar-refractivity contribution in [3.05, 3.63) is 64.4 Å². The molecule has 0 radical (unpaired) electrons. The summed E-state index contributed by atoms with van der Waals surface area (Å²) in [6.07, 6.45) is 0. The number of rotatable bonds is 4. The zero-order valence-corrected chi connectivity index (χ0v) is 10.7. The van der Waals surface area contributed by atoms with Crippen molar-refractivity contribution < 1.29 is 9.18 Å². The van der Waals surface area contributed by atoms with Crippen molar-refractivity contribution in [2.24, 2.45) is 5.73 Å². The topological polar surface area (TPSA) is 55.1 Å². The Morgan fingerprint density at radius 1 is 1.21 bits per heavy atom. The molecule has 0 aliphatic rings. The van der Waals surface area contributed by atoms with E-state index in [-0.39, 0.29) is 5.69 Å². The van der Waals surface area contributed by atoms with Crippen molar-refractivity contribution in [1.82, 2.24) is 0 Å². The van der Waals surface area contributed by atoms with Crippen LogP contribution in [0.25, 0.3) is 0 Å². The first-order valence-corrected chi connectivity index (χ1v) is 6.02. The summed E-state index contributed by atoms with van der Waals surface area (Å²) in [5.74, 6) is -0.877. The van der Waals surface area contributed by atoms with E-state index >= 15 is 0 Å². The number of benzene rings is 2. The minimum atomic E-state index is -0.475. The lowest BCUT2D eigenvalue weighted by molar-refractivity contribution is 0.100. The number of para-hydroxylation sites is 1. The SMILES string of the molecule is NC(=O)c1ccc(CNc2c(F)cccc2Cl)cc1. The van der Waals surface area contributed by atoms with Gasteiger partial charge in [0.25, 0.3) is 0 Å². The maximum Gasteiger partial charge on any atom is 0.248 e. The van der Waals surface area contributed by atoms with Crippen molar-refractivity contribution in [1.29, 1.82) is 0 Å². The van der Waals surface area contributed by atoms with Gasteiger partial charge in [-0.25, -0.2) is 4.39 Å². The Hall–Kier alpha value is -2.07.